The van der Waals surface area contributed by atoms with Gasteiger partial charge in [-0.05, 0) is 43.0 Å². The first kappa shape index (κ1) is 25.8. The van der Waals surface area contributed by atoms with Gasteiger partial charge in [-0.25, -0.2) is 5.48 Å². The fraction of sp³-hybridized carbons (Fsp3) is 0.375. The van der Waals surface area contributed by atoms with Gasteiger partial charge in [-0.3, -0.25) is 19.6 Å². The summed E-state index contributed by atoms with van der Waals surface area (Å²) in [6, 6.07) is 15.8. The van der Waals surface area contributed by atoms with E-state index < -0.39 is 11.8 Å². The number of amides is 2. The van der Waals surface area contributed by atoms with Crippen LogP contribution in [0, 0.1) is 5.92 Å². The fourth-order valence-electron chi connectivity index (χ4n) is 2.72. The Bertz CT molecular complexity index is 816. The Morgan fingerprint density at radius 1 is 0.935 bits per heavy atom. The number of hydrogen-bond acceptors (Lipinski definition) is 5. The number of benzene rings is 2. The highest BCUT2D eigenvalue weighted by Gasteiger charge is 2.22. The fourth-order valence-corrected chi connectivity index (χ4v) is 2.72. The number of carbonyl (C=O) groups excluding carboxylic acids is 3. The predicted molar refractivity (Wildman–Crippen MR) is 120 cm³/mol. The van der Waals surface area contributed by atoms with Crippen LogP contribution in [0.4, 0.5) is 0 Å². The highest BCUT2D eigenvalue weighted by molar-refractivity contribution is 5.99. The average Bonchev–Trinajstić information content (AvgIpc) is 2.80. The molecular formula is C24H32N2O5. The molecule has 2 aromatic rings. The summed E-state index contributed by atoms with van der Waals surface area (Å²) in [5, 5.41) is 10.5. The zero-order chi connectivity index (χ0) is 23.2. The Labute approximate surface area is 183 Å². The molecule has 2 rings (SSSR count). The quantitative estimate of drug-likeness (QED) is 0.184. The lowest BCUT2D eigenvalue weighted by atomic mass is 10.0. The lowest BCUT2D eigenvalue weighted by molar-refractivity contribution is -0.140. The van der Waals surface area contributed by atoms with Crippen molar-refractivity contribution < 1.29 is 24.3 Å². The second-order valence-corrected chi connectivity index (χ2v) is 6.91. The van der Waals surface area contributed by atoms with E-state index in [4.69, 9.17) is 9.94 Å². The van der Waals surface area contributed by atoms with Crippen LogP contribution in [-0.2, 0) is 9.59 Å². The number of carbonyl (C=O) groups is 3. The molecule has 1 unspecified atom stereocenters. The summed E-state index contributed by atoms with van der Waals surface area (Å²) >= 11 is 0. The number of nitrogens with one attached hydrogen (secondary N) is 2. The van der Waals surface area contributed by atoms with Gasteiger partial charge in [0, 0.05) is 12.6 Å². The summed E-state index contributed by atoms with van der Waals surface area (Å²) in [5.74, 6) is -0.866. The van der Waals surface area contributed by atoms with Crippen molar-refractivity contribution in [2.24, 2.45) is 5.92 Å². The summed E-state index contributed by atoms with van der Waals surface area (Å²) in [4.78, 5) is 32.8. The molecular weight excluding hydrogens is 396 g/mol. The van der Waals surface area contributed by atoms with Crippen molar-refractivity contribution in [2.75, 3.05) is 13.7 Å². The van der Waals surface area contributed by atoms with Crippen molar-refractivity contribution >= 4 is 17.6 Å². The van der Waals surface area contributed by atoms with Crippen molar-refractivity contribution in [3.63, 3.8) is 0 Å². The van der Waals surface area contributed by atoms with Crippen molar-refractivity contribution in [3.8, 4) is 16.9 Å². The van der Waals surface area contributed by atoms with Crippen molar-refractivity contribution in [3.05, 3.63) is 54.1 Å². The molecule has 31 heavy (non-hydrogen) atoms. The first-order chi connectivity index (χ1) is 14.9. The van der Waals surface area contributed by atoms with E-state index >= 15 is 0 Å². The van der Waals surface area contributed by atoms with Crippen LogP contribution in [0.15, 0.2) is 48.5 Å². The number of ether oxygens (including phenoxy) is 1. The van der Waals surface area contributed by atoms with Gasteiger partial charge in [0.15, 0.2) is 5.78 Å². The molecule has 0 aliphatic rings. The Hall–Kier alpha value is -3.19. The van der Waals surface area contributed by atoms with Crippen LogP contribution in [0.3, 0.4) is 0 Å². The number of unbranched alkanes of at least 4 members (excludes halogenated alkanes) is 1. The van der Waals surface area contributed by atoms with E-state index in [-0.39, 0.29) is 11.7 Å². The molecule has 0 fully saturated rings. The smallest absolute Gasteiger partial charge is 0.255 e. The largest absolute Gasteiger partial charge is 0.494 e. The topological polar surface area (TPSA) is 105 Å². The SMILES string of the molecule is CCC(C(=O)NC)C(=O)NO.CCCCOc1ccc(-c2ccc(C(C)=O)cc2)cc1. The Morgan fingerprint density at radius 3 is 1.90 bits per heavy atom. The molecule has 7 heteroatoms. The van der Waals surface area contributed by atoms with E-state index in [1.165, 1.54) is 12.5 Å². The Balaban J connectivity index is 0.000000373. The maximum atomic E-state index is 11.2. The van der Waals surface area contributed by atoms with E-state index in [0.717, 1.165) is 41.9 Å². The van der Waals surface area contributed by atoms with Gasteiger partial charge in [-0.1, -0.05) is 56.7 Å². The number of hydroxylamine groups is 1. The summed E-state index contributed by atoms with van der Waals surface area (Å²) in [5.41, 5.74) is 4.41. The van der Waals surface area contributed by atoms with E-state index in [0.29, 0.717) is 6.42 Å². The third kappa shape index (κ3) is 8.60. The van der Waals surface area contributed by atoms with E-state index in [1.807, 2.05) is 48.5 Å². The molecule has 0 aliphatic heterocycles. The van der Waals surface area contributed by atoms with Crippen LogP contribution >= 0.6 is 0 Å². The van der Waals surface area contributed by atoms with Gasteiger partial charge in [0.2, 0.25) is 5.91 Å². The van der Waals surface area contributed by atoms with Crippen LogP contribution in [0.2, 0.25) is 0 Å². The molecule has 2 aromatic carbocycles. The predicted octanol–water partition coefficient (Wildman–Crippen LogP) is 4.00. The van der Waals surface area contributed by atoms with Crippen molar-refractivity contribution in [1.82, 2.24) is 10.8 Å². The minimum Gasteiger partial charge on any atom is -0.494 e. The minimum absolute atomic E-state index is 0.0937. The monoisotopic (exact) mass is 428 g/mol. The van der Waals surface area contributed by atoms with Crippen LogP contribution < -0.4 is 15.5 Å². The molecule has 7 nitrogen and oxygen atoms in total. The van der Waals surface area contributed by atoms with E-state index in [1.54, 1.807) is 13.8 Å². The Kier molecular flexibility index (Phi) is 11.6. The second-order valence-electron chi connectivity index (χ2n) is 6.91. The van der Waals surface area contributed by atoms with Gasteiger partial charge in [-0.2, -0.15) is 0 Å². The maximum absolute atomic E-state index is 11.2. The summed E-state index contributed by atoms with van der Waals surface area (Å²) < 4.78 is 5.64. The van der Waals surface area contributed by atoms with Crippen LogP contribution in [0.1, 0.15) is 50.4 Å². The minimum atomic E-state index is -0.801. The zero-order valence-corrected chi connectivity index (χ0v) is 18.6. The molecule has 0 aromatic heterocycles. The highest BCUT2D eigenvalue weighted by atomic mass is 16.5. The van der Waals surface area contributed by atoms with Gasteiger partial charge < -0.3 is 10.1 Å². The first-order valence-corrected chi connectivity index (χ1v) is 10.4. The van der Waals surface area contributed by atoms with E-state index in [2.05, 4.69) is 12.2 Å². The molecule has 0 spiro atoms. The number of rotatable bonds is 9. The molecule has 1 atom stereocenters. The van der Waals surface area contributed by atoms with Crippen LogP contribution in [0.5, 0.6) is 5.75 Å². The second kappa shape index (κ2) is 13.9. The third-order valence-corrected chi connectivity index (χ3v) is 4.64. The summed E-state index contributed by atoms with van der Waals surface area (Å²) in [7, 11) is 1.44. The van der Waals surface area contributed by atoms with Crippen molar-refractivity contribution in [1.29, 1.82) is 0 Å². The zero-order valence-electron chi connectivity index (χ0n) is 18.6. The maximum Gasteiger partial charge on any atom is 0.255 e. The Morgan fingerprint density at radius 2 is 1.48 bits per heavy atom. The summed E-state index contributed by atoms with van der Waals surface area (Å²) in [6.45, 7) is 6.19. The van der Waals surface area contributed by atoms with Crippen LogP contribution in [0.25, 0.3) is 11.1 Å². The van der Waals surface area contributed by atoms with Crippen molar-refractivity contribution in [2.45, 2.75) is 40.0 Å². The lowest BCUT2D eigenvalue weighted by Crippen LogP contribution is -2.38. The molecule has 2 amide bonds. The van der Waals surface area contributed by atoms with Gasteiger partial charge in [-0.15, -0.1) is 0 Å². The average molecular weight is 429 g/mol. The number of hydrogen-bond donors (Lipinski definition) is 3. The molecule has 0 bridgehead atoms. The first-order valence-electron chi connectivity index (χ1n) is 10.4. The standard InChI is InChI=1S/C18H20O2.C6H12N2O3/c1-3-4-13-20-18-11-9-17(10-12-18)16-7-5-15(6-8-16)14(2)19;1-3-4(5(9)7-2)6(10)8-11/h5-12H,3-4,13H2,1-2H3;4,11H,3H2,1-2H3,(H,7,9)(H,8,10). The molecule has 3 N–H and O–H groups in total. The van der Waals surface area contributed by atoms with E-state index in [9.17, 15) is 14.4 Å². The summed E-state index contributed by atoms with van der Waals surface area (Å²) in [6.07, 6.45) is 2.58. The van der Waals surface area contributed by atoms with Gasteiger partial charge >= 0.3 is 0 Å². The molecule has 0 saturated carbocycles. The third-order valence-electron chi connectivity index (χ3n) is 4.64. The van der Waals surface area contributed by atoms with Gasteiger partial charge in [0.05, 0.1) is 6.61 Å². The molecule has 0 radical (unpaired) electrons. The van der Waals surface area contributed by atoms with Gasteiger partial charge in [0.25, 0.3) is 5.91 Å². The van der Waals surface area contributed by atoms with Crippen LogP contribution in [-0.4, -0.2) is 36.5 Å². The molecule has 168 valence electrons. The molecule has 0 heterocycles. The number of ketones is 1. The normalized spacial score (nSPS) is 10.9. The highest BCUT2D eigenvalue weighted by Crippen LogP contribution is 2.23. The van der Waals surface area contributed by atoms with Gasteiger partial charge in [0.1, 0.15) is 11.7 Å². The molecule has 0 saturated heterocycles. The lowest BCUT2D eigenvalue weighted by Gasteiger charge is -2.09. The molecule has 0 aliphatic carbocycles. The number of Topliss-reactive ketones (excluding diaryl/α,β-unsaturated/α-hetero) is 1.